The van der Waals surface area contributed by atoms with Gasteiger partial charge >= 0.3 is 12.1 Å². The van der Waals surface area contributed by atoms with Gasteiger partial charge in [-0.25, -0.2) is 14.6 Å². The third-order valence-corrected chi connectivity index (χ3v) is 13.0. The van der Waals surface area contributed by atoms with Crippen molar-refractivity contribution in [3.8, 4) is 0 Å². The smallest absolute Gasteiger partial charge is 0.413 e. The van der Waals surface area contributed by atoms with Crippen LogP contribution in [0.4, 0.5) is 9.93 Å². The van der Waals surface area contributed by atoms with Gasteiger partial charge < -0.3 is 24.5 Å². The molecule has 2 aliphatic heterocycles. The van der Waals surface area contributed by atoms with Gasteiger partial charge in [-0.05, 0) is 31.9 Å². The number of carbonyl (C=O) groups is 4. The second-order valence-corrected chi connectivity index (χ2v) is 18.4. The first-order valence-electron chi connectivity index (χ1n) is 20.4. The van der Waals surface area contributed by atoms with Crippen molar-refractivity contribution in [3.63, 3.8) is 0 Å². The molecule has 324 valence electrons. The van der Waals surface area contributed by atoms with E-state index in [9.17, 15) is 19.2 Å². The van der Waals surface area contributed by atoms with Gasteiger partial charge in [0, 0.05) is 32.7 Å². The molecule has 0 aliphatic carbocycles. The molecule has 0 radical (unpaired) electrons. The number of anilines is 1. The summed E-state index contributed by atoms with van der Waals surface area (Å²) in [5, 5.41) is 11.1. The number of amides is 3. The van der Waals surface area contributed by atoms with Crippen molar-refractivity contribution in [2.24, 2.45) is 5.16 Å². The van der Waals surface area contributed by atoms with Crippen molar-refractivity contribution in [2.75, 3.05) is 11.1 Å². The molecule has 12 nitrogen and oxygen atoms in total. The van der Waals surface area contributed by atoms with E-state index in [1.807, 2.05) is 152 Å². The molecule has 3 amide bonds. The van der Waals surface area contributed by atoms with Crippen molar-refractivity contribution in [3.05, 3.63) is 191 Å². The number of rotatable bonds is 13. The van der Waals surface area contributed by atoms with Crippen LogP contribution in [0.25, 0.3) is 0 Å². The number of ether oxygens (including phenoxy) is 2. The summed E-state index contributed by atoms with van der Waals surface area (Å²) in [6, 6.07) is 44.9. The number of hydrogen-bond donors (Lipinski definition) is 2. The fraction of sp³-hybridized carbons (Fsp3) is 0.204. The second kappa shape index (κ2) is 19.0. The number of thiocarbonyl (C=S) groups is 1. The topological polar surface area (TPSA) is 149 Å². The van der Waals surface area contributed by atoms with Gasteiger partial charge in [-0.15, -0.1) is 23.1 Å². The fourth-order valence-electron chi connectivity index (χ4n) is 7.52. The monoisotopic (exact) mass is 909 g/mol. The Kier molecular flexibility index (Phi) is 13.0. The maximum atomic E-state index is 14.7. The van der Waals surface area contributed by atoms with E-state index in [0.717, 1.165) is 39.2 Å². The Morgan fingerprint density at radius 2 is 1.28 bits per heavy atom. The van der Waals surface area contributed by atoms with Gasteiger partial charge in [-0.1, -0.05) is 169 Å². The number of carbonyl (C=O) groups excluding carboxylic acids is 4. The molecule has 2 N–H and O–H groups in total. The average Bonchev–Trinajstić information content (AvgIpc) is 3.77. The quantitative estimate of drug-likeness (QED) is 0.0288. The summed E-state index contributed by atoms with van der Waals surface area (Å²) in [6.07, 6.45) is -1.48. The Morgan fingerprint density at radius 1 is 0.781 bits per heavy atom. The predicted molar refractivity (Wildman–Crippen MR) is 251 cm³/mol. The van der Waals surface area contributed by atoms with E-state index in [4.69, 9.17) is 26.5 Å². The zero-order valence-corrected chi connectivity index (χ0v) is 37.4. The molecule has 2 saturated heterocycles. The summed E-state index contributed by atoms with van der Waals surface area (Å²) in [5.41, 5.74) is 1.33. The van der Waals surface area contributed by atoms with Crippen LogP contribution in [0, 0.1) is 0 Å². The van der Waals surface area contributed by atoms with E-state index in [1.165, 1.54) is 16.7 Å². The molecule has 5 aromatic carbocycles. The molecule has 1 unspecified atom stereocenters. The fourth-order valence-corrected chi connectivity index (χ4v) is 9.87. The summed E-state index contributed by atoms with van der Waals surface area (Å²) < 4.78 is 11.6. The van der Waals surface area contributed by atoms with Crippen LogP contribution in [0.15, 0.2) is 162 Å². The van der Waals surface area contributed by atoms with E-state index in [0.29, 0.717) is 4.86 Å². The average molecular weight is 910 g/mol. The molecule has 8 rings (SSSR count). The number of oxime groups is 1. The number of nitrogens with zero attached hydrogens (tertiary/aromatic N) is 3. The lowest BCUT2D eigenvalue weighted by molar-refractivity contribution is -0.163. The predicted octanol–water partition coefficient (Wildman–Crippen LogP) is 8.67. The maximum Gasteiger partial charge on any atom is 0.413 e. The van der Waals surface area contributed by atoms with Crippen LogP contribution in [0.1, 0.15) is 60.4 Å². The van der Waals surface area contributed by atoms with Crippen LogP contribution < -0.4 is 10.6 Å². The zero-order valence-electron chi connectivity index (χ0n) is 35.0. The lowest BCUT2D eigenvalue weighted by Gasteiger charge is -2.52. The number of hydrogen-bond acceptors (Lipinski definition) is 12. The summed E-state index contributed by atoms with van der Waals surface area (Å²) in [4.78, 5) is 68.7. The third-order valence-electron chi connectivity index (χ3n) is 10.4. The Morgan fingerprint density at radius 3 is 1.78 bits per heavy atom. The highest BCUT2D eigenvalue weighted by Crippen LogP contribution is 2.42. The highest BCUT2D eigenvalue weighted by atomic mass is 32.2. The molecule has 0 saturated carbocycles. The maximum absolute atomic E-state index is 14.7. The molecular weight excluding hydrogens is 867 g/mol. The number of benzene rings is 5. The zero-order chi connectivity index (χ0) is 44.8. The summed E-state index contributed by atoms with van der Waals surface area (Å²) in [5.74, 6) is -1.71. The van der Waals surface area contributed by atoms with Crippen molar-refractivity contribution < 1.29 is 33.5 Å². The SMILES string of the molecule is CC(C)(C)OC(=O)Nc1nc(C(=NOC(c2ccccc2)(c2ccccc2)c2ccccc2)C(=O)N[C@@H]2C(=O)N3C(C(=O)OC(c4ccccc4)c4ccccc4)C(=S)CS[C@@H]23)cs1. The molecule has 15 heteroatoms. The molecule has 2 fully saturated rings. The van der Waals surface area contributed by atoms with Gasteiger partial charge in [0.05, 0.1) is 0 Å². The number of esters is 1. The highest BCUT2D eigenvalue weighted by Gasteiger charge is 2.57. The highest BCUT2D eigenvalue weighted by molar-refractivity contribution is 8.02. The summed E-state index contributed by atoms with van der Waals surface area (Å²) >= 11 is 8.09. The largest absolute Gasteiger partial charge is 0.451 e. The van der Waals surface area contributed by atoms with Gasteiger partial charge in [0.15, 0.2) is 23.0 Å². The molecule has 0 bridgehead atoms. The molecule has 0 spiro atoms. The minimum Gasteiger partial charge on any atom is -0.451 e. The lowest BCUT2D eigenvalue weighted by atomic mass is 9.80. The standard InChI is InChI=1S/C49H43N5O7S3/c1-48(2,3)60-47(58)52-46-50-36(29-64-46)38(53-61-49(33-23-13-6-14-24-33,34-25-15-7-16-26-34)35-27-17-8-18-28-35)42(55)51-39-43(56)54-40(37(62)30-63-44(39)54)45(57)59-41(31-19-9-4-10-20-31)32-21-11-5-12-22-32/h4-29,39-41,44H,30H2,1-3H3,(H,51,55)(H,50,52,58)/t39-,40?,44+/m1/s1. The van der Waals surface area contributed by atoms with Crippen LogP contribution in [-0.4, -0.2) is 73.1 Å². The molecule has 1 aromatic heterocycles. The van der Waals surface area contributed by atoms with Gasteiger partial charge in [0.25, 0.3) is 5.91 Å². The number of β-lactam (4-membered cyclic amide) rings is 1. The van der Waals surface area contributed by atoms with Crippen molar-refractivity contribution >= 4 is 74.9 Å². The van der Waals surface area contributed by atoms with E-state index >= 15 is 0 Å². The number of nitrogens with one attached hydrogen (secondary N) is 2. The normalized spacial score (nSPS) is 17.5. The third kappa shape index (κ3) is 9.32. The summed E-state index contributed by atoms with van der Waals surface area (Å²) in [7, 11) is 0. The van der Waals surface area contributed by atoms with E-state index in [-0.39, 0.29) is 22.3 Å². The number of thiazole rings is 1. The molecular formula is C49H43N5O7S3. The van der Waals surface area contributed by atoms with Gasteiger partial charge in [0.1, 0.15) is 22.7 Å². The molecule has 6 aromatic rings. The van der Waals surface area contributed by atoms with Gasteiger partial charge in [-0.2, -0.15) is 0 Å². The second-order valence-electron chi connectivity index (χ2n) is 15.9. The molecule has 64 heavy (non-hydrogen) atoms. The molecule has 2 aliphatic rings. The van der Waals surface area contributed by atoms with Crippen LogP contribution >= 0.6 is 35.3 Å². The summed E-state index contributed by atoms with van der Waals surface area (Å²) in [6.45, 7) is 5.22. The van der Waals surface area contributed by atoms with Crippen LogP contribution in [0.5, 0.6) is 0 Å². The van der Waals surface area contributed by atoms with E-state index in [1.54, 1.807) is 26.2 Å². The number of fused-ring (bicyclic) bond motifs is 1. The first-order valence-corrected chi connectivity index (χ1v) is 22.7. The Labute approximate surface area is 384 Å². The van der Waals surface area contributed by atoms with Gasteiger partial charge in [-0.3, -0.25) is 14.9 Å². The van der Waals surface area contributed by atoms with Crippen molar-refractivity contribution in [1.29, 1.82) is 0 Å². The number of aromatic nitrogens is 1. The Hall–Kier alpha value is -6.68. The Balaban J connectivity index is 1.11. The van der Waals surface area contributed by atoms with Crippen molar-refractivity contribution in [2.45, 2.75) is 55.5 Å². The first-order chi connectivity index (χ1) is 30.9. The minimum absolute atomic E-state index is 0.0621. The van der Waals surface area contributed by atoms with E-state index < -0.39 is 58.6 Å². The van der Waals surface area contributed by atoms with Crippen LogP contribution in [0.2, 0.25) is 0 Å². The van der Waals surface area contributed by atoms with Gasteiger partial charge in [0.2, 0.25) is 11.5 Å². The van der Waals surface area contributed by atoms with Crippen molar-refractivity contribution in [1.82, 2.24) is 15.2 Å². The van der Waals surface area contributed by atoms with Crippen LogP contribution in [-0.2, 0) is 34.3 Å². The number of thioether (sulfide) groups is 1. The minimum atomic E-state index is -1.37. The van der Waals surface area contributed by atoms with E-state index in [2.05, 4.69) is 20.8 Å². The first kappa shape index (κ1) is 43.9. The Bertz CT molecular complexity index is 2530. The lowest BCUT2D eigenvalue weighted by Crippen LogP contribution is -2.76. The molecule has 3 heterocycles. The molecule has 3 atom stereocenters. The van der Waals surface area contributed by atoms with Crippen LogP contribution in [0.3, 0.4) is 0 Å².